The number of hydrogen-bond acceptors (Lipinski definition) is 25. The van der Waals surface area contributed by atoms with Crippen LogP contribution >= 0.6 is 109 Å². The lowest BCUT2D eigenvalue weighted by Gasteiger charge is -2.36. The number of piperazine rings is 1. The van der Waals surface area contributed by atoms with Gasteiger partial charge in [-0.05, 0) is 319 Å². The first kappa shape index (κ1) is 87.6. The van der Waals surface area contributed by atoms with Crippen LogP contribution in [0.25, 0.3) is 42.3 Å². The Morgan fingerprint density at radius 3 is 1.13 bits per heavy atom. The average molecular weight is 1930 g/mol. The number of aliphatic hydroxyl groups is 1. The molecule has 4 aliphatic rings. The molecular weight excluding hydrogens is 1840 g/mol. The molecule has 12 heterocycles. The molecule has 618 valence electrons. The SMILES string of the molecule is CN(C)CCNC(=O)c1ccc(Nc2nccc(-c3ccc(Br)s3)n2)cc1.CN1CCC(N(C)C(=O)c2ccc(Nc3nccc(-c4ccc(Br)s4)n3)cc2)CC1.O=C(c1ccc(Nc2nccc(-c3ccc(Br)s3)n2)cc1)N1CCC(N2CCCC2)CC1.O=C(c1ccc(Nc2nccc(-c3ccc(Br)s3)n2)cc1)N1CCN(CCO)CC1. The van der Waals surface area contributed by atoms with Crippen LogP contribution in [0, 0.1) is 0 Å². The van der Waals surface area contributed by atoms with Gasteiger partial charge in [0.05, 0.1) is 64.0 Å². The molecule has 8 aromatic heterocycles. The minimum absolute atomic E-state index is 0.0340. The van der Waals surface area contributed by atoms with Gasteiger partial charge in [-0.2, -0.15) is 0 Å². The second kappa shape index (κ2) is 43.3. The number of carbonyl (C=O) groups excluding carboxylic acids is 4. The summed E-state index contributed by atoms with van der Waals surface area (Å²) < 4.78 is 4.25. The van der Waals surface area contributed by atoms with Crippen LogP contribution in [-0.2, 0) is 0 Å². The average Bonchev–Trinajstić information content (AvgIpc) is 1.84. The minimum atomic E-state index is -0.0788. The molecule has 0 atom stereocenters. The fourth-order valence-electron chi connectivity index (χ4n) is 13.8. The molecule has 33 heteroatoms. The van der Waals surface area contributed by atoms with Gasteiger partial charge in [-0.15, -0.1) is 45.3 Å². The molecule has 4 saturated heterocycles. The highest BCUT2D eigenvalue weighted by molar-refractivity contribution is 9.11. The summed E-state index contributed by atoms with van der Waals surface area (Å²) in [6.07, 6.45) is 13.8. The molecule has 12 aromatic rings. The van der Waals surface area contributed by atoms with E-state index in [1.807, 2.05) is 198 Å². The number of nitrogens with one attached hydrogen (secondary N) is 5. The number of rotatable bonds is 23. The number of anilines is 8. The topological polar surface area (TPSA) is 274 Å². The fraction of sp³-hybridized carbons (Fsp3) is 0.302. The van der Waals surface area contributed by atoms with Gasteiger partial charge >= 0.3 is 0 Å². The molecule has 4 amide bonds. The van der Waals surface area contributed by atoms with E-state index < -0.39 is 0 Å². The van der Waals surface area contributed by atoms with Crippen molar-refractivity contribution < 1.29 is 24.3 Å². The third kappa shape index (κ3) is 25.5. The molecule has 0 saturated carbocycles. The predicted molar refractivity (Wildman–Crippen MR) is 494 cm³/mol. The lowest BCUT2D eigenvalue weighted by Crippen LogP contribution is -2.49. The van der Waals surface area contributed by atoms with Crippen LogP contribution in [0.1, 0.15) is 80.0 Å². The monoisotopic (exact) mass is 1930 g/mol. The molecule has 0 radical (unpaired) electrons. The number of likely N-dealkylation sites (N-methyl/N-ethyl adjacent to an activating group) is 1. The Balaban J connectivity index is 0.000000138. The maximum atomic E-state index is 13.0. The zero-order chi connectivity index (χ0) is 83.2. The first-order valence-electron chi connectivity index (χ1n) is 39.2. The Morgan fingerprint density at radius 2 is 0.782 bits per heavy atom. The van der Waals surface area contributed by atoms with Crippen molar-refractivity contribution in [3.8, 4) is 42.3 Å². The van der Waals surface area contributed by atoms with Crippen LogP contribution in [0.5, 0.6) is 0 Å². The molecule has 0 bridgehead atoms. The molecule has 0 unspecified atom stereocenters. The van der Waals surface area contributed by atoms with Gasteiger partial charge in [0.2, 0.25) is 23.8 Å². The van der Waals surface area contributed by atoms with Gasteiger partial charge in [-0.3, -0.25) is 24.1 Å². The number of β-amino-alcohol motifs (C(OH)–C–C–N with tert-alkyl or cyclic N) is 1. The summed E-state index contributed by atoms with van der Waals surface area (Å²) in [5.41, 5.74) is 9.53. The third-order valence-electron chi connectivity index (χ3n) is 20.4. The van der Waals surface area contributed by atoms with Crippen LogP contribution in [0.3, 0.4) is 0 Å². The molecule has 0 spiro atoms. The van der Waals surface area contributed by atoms with Crippen LogP contribution in [0.2, 0.25) is 0 Å². The van der Waals surface area contributed by atoms with E-state index in [4.69, 9.17) is 5.11 Å². The van der Waals surface area contributed by atoms with Gasteiger partial charge < -0.3 is 61.1 Å². The maximum Gasteiger partial charge on any atom is 0.253 e. The number of amides is 4. The Morgan fingerprint density at radius 1 is 0.429 bits per heavy atom. The van der Waals surface area contributed by atoms with E-state index in [0.29, 0.717) is 78.7 Å². The molecule has 25 nitrogen and oxygen atoms in total. The summed E-state index contributed by atoms with van der Waals surface area (Å²) in [5, 5.41) is 24.8. The smallest absolute Gasteiger partial charge is 0.253 e. The second-order valence-electron chi connectivity index (χ2n) is 28.9. The summed E-state index contributed by atoms with van der Waals surface area (Å²) in [6.45, 7) is 11.4. The van der Waals surface area contributed by atoms with E-state index in [1.54, 1.807) is 82.3 Å². The van der Waals surface area contributed by atoms with Gasteiger partial charge in [0.1, 0.15) is 0 Å². The third-order valence-corrected chi connectivity index (χ3v) is 27.0. The highest BCUT2D eigenvalue weighted by Crippen LogP contribution is 2.36. The van der Waals surface area contributed by atoms with E-state index in [2.05, 4.69) is 152 Å². The number of aliphatic hydroxyl groups excluding tert-OH is 1. The van der Waals surface area contributed by atoms with Gasteiger partial charge in [0, 0.05) is 148 Å². The van der Waals surface area contributed by atoms with Crippen molar-refractivity contribution in [2.24, 2.45) is 0 Å². The van der Waals surface area contributed by atoms with Crippen LogP contribution in [0.15, 0.2) is 210 Å². The zero-order valence-electron chi connectivity index (χ0n) is 66.2. The Labute approximate surface area is 742 Å². The van der Waals surface area contributed by atoms with Crippen molar-refractivity contribution in [1.82, 2.24) is 79.5 Å². The summed E-state index contributed by atoms with van der Waals surface area (Å²) in [4.78, 5) is 105. The number of nitrogens with zero attached hydrogens (tertiary/aromatic N) is 15. The highest BCUT2D eigenvalue weighted by atomic mass is 79.9. The summed E-state index contributed by atoms with van der Waals surface area (Å²) in [7, 11) is 7.98. The first-order valence-corrected chi connectivity index (χ1v) is 45.6. The number of halogens is 4. The minimum Gasteiger partial charge on any atom is -0.395 e. The van der Waals surface area contributed by atoms with E-state index in [0.717, 1.165) is 157 Å². The van der Waals surface area contributed by atoms with Crippen LogP contribution < -0.4 is 26.6 Å². The molecular formula is C86H92Br4N20O5S4. The van der Waals surface area contributed by atoms with Crippen LogP contribution in [-0.4, -0.2) is 235 Å². The normalized spacial score (nSPS) is 14.7. The second-order valence-corrected chi connectivity index (χ2v) is 38.8. The zero-order valence-corrected chi connectivity index (χ0v) is 75.8. The molecule has 16 rings (SSSR count). The Bertz CT molecular complexity index is 5300. The maximum absolute atomic E-state index is 13.0. The van der Waals surface area contributed by atoms with E-state index in [9.17, 15) is 19.2 Å². The molecule has 119 heavy (non-hydrogen) atoms. The molecule has 4 aliphatic heterocycles. The van der Waals surface area contributed by atoms with Crippen molar-refractivity contribution >= 4 is 179 Å². The standard InChI is InChI=1S/C24H26BrN5OS.C22H24BrN5OS.C21H22BrN5O2S.C19H20BrN5OS/c25-22-8-7-21(32-22)20-9-12-26-24(28-20)27-18-5-3-17(4-6-18)23(31)30-15-10-19(11-16-30)29-13-1-2-14-29;1-27-13-10-17(11-14-27)28(2)21(29)15-3-5-16(6-4-15)25-22-24-12-9-18(26-22)19-7-8-20(23)30-19;22-19-6-5-18(30-19)17-7-8-23-21(25-17)24-16-3-1-15(2-4-16)20(29)27-11-9-26(10-12-27)13-14-28;1-25(2)12-11-21-18(26)13-3-5-14(6-4-13)23-19-22-10-9-15(24-19)16-7-8-17(20)27-16/h3-9,12,19H,1-2,10-11,13-16H2,(H,26,27,28);3-9,12,17H,10-11,13-14H2,1-2H3,(H,24,25,26);1-8,28H,9-14H2,(H,23,24,25);3-10H,11-12H2,1-2H3,(H,21,26)(H,22,23,24). The van der Waals surface area contributed by atoms with Crippen LogP contribution in [0.4, 0.5) is 46.5 Å². The quantitative estimate of drug-likeness (QED) is 0.0347. The molecule has 4 aromatic carbocycles. The summed E-state index contributed by atoms with van der Waals surface area (Å²) in [6, 6.07) is 54.4. The summed E-state index contributed by atoms with van der Waals surface area (Å²) >= 11 is 20.4. The lowest BCUT2D eigenvalue weighted by atomic mass is 10.0. The van der Waals surface area contributed by atoms with Crippen molar-refractivity contribution in [1.29, 1.82) is 0 Å². The number of benzene rings is 4. The highest BCUT2D eigenvalue weighted by Gasteiger charge is 2.30. The molecule has 4 fully saturated rings. The molecule has 0 aliphatic carbocycles. The van der Waals surface area contributed by atoms with Gasteiger partial charge in [-0.25, -0.2) is 39.9 Å². The number of carbonyl (C=O) groups is 4. The van der Waals surface area contributed by atoms with Crippen molar-refractivity contribution in [2.75, 3.05) is 141 Å². The Kier molecular flexibility index (Phi) is 31.9. The van der Waals surface area contributed by atoms with E-state index in [1.165, 1.54) is 25.9 Å². The van der Waals surface area contributed by atoms with Gasteiger partial charge in [0.25, 0.3) is 23.6 Å². The van der Waals surface area contributed by atoms with Crippen molar-refractivity contribution in [3.05, 3.63) is 232 Å². The fourth-order valence-corrected chi connectivity index (χ4v) is 19.2. The van der Waals surface area contributed by atoms with Gasteiger partial charge in [-0.1, -0.05) is 0 Å². The van der Waals surface area contributed by atoms with Crippen molar-refractivity contribution in [3.63, 3.8) is 0 Å². The first-order chi connectivity index (χ1) is 57.8. The van der Waals surface area contributed by atoms with E-state index in [-0.39, 0.29) is 30.2 Å². The number of aromatic nitrogens is 8. The largest absolute Gasteiger partial charge is 0.395 e. The summed E-state index contributed by atoms with van der Waals surface area (Å²) in [5.74, 6) is 2.23. The van der Waals surface area contributed by atoms with Crippen molar-refractivity contribution in [2.45, 2.75) is 50.6 Å². The van der Waals surface area contributed by atoms with Gasteiger partial charge in [0.15, 0.2) is 0 Å². The lowest BCUT2D eigenvalue weighted by molar-refractivity contribution is 0.0612. The number of piperidine rings is 2. The predicted octanol–water partition coefficient (Wildman–Crippen LogP) is 17.8. The number of thiophene rings is 4. The number of likely N-dealkylation sites (tertiary alicyclic amines) is 3. The Hall–Kier alpha value is -9.20. The number of hydrogen-bond donors (Lipinski definition) is 6. The van der Waals surface area contributed by atoms with E-state index >= 15 is 0 Å². The molecule has 6 N–H and O–H groups in total.